The average molecular weight is 500 g/mol. The van der Waals surface area contributed by atoms with Gasteiger partial charge in [0.05, 0.1) is 17.4 Å². The van der Waals surface area contributed by atoms with Crippen molar-refractivity contribution in [1.29, 1.82) is 0 Å². The summed E-state index contributed by atoms with van der Waals surface area (Å²) in [6.45, 7) is 6.90. The van der Waals surface area contributed by atoms with Gasteiger partial charge in [-0.15, -0.1) is 0 Å². The highest BCUT2D eigenvalue weighted by atomic mass is 32.1. The van der Waals surface area contributed by atoms with Crippen LogP contribution in [0.4, 0.5) is 0 Å². The predicted molar refractivity (Wildman–Crippen MR) is 140 cm³/mol. The zero-order valence-electron chi connectivity index (χ0n) is 20.7. The molecule has 8 nitrogen and oxygen atoms in total. The molecule has 1 unspecified atom stereocenters. The van der Waals surface area contributed by atoms with Crippen molar-refractivity contribution in [1.82, 2.24) is 24.3 Å². The fourth-order valence-corrected chi connectivity index (χ4v) is 5.47. The molecule has 2 aromatic rings. The van der Waals surface area contributed by atoms with Crippen LogP contribution in [-0.2, 0) is 16.1 Å². The minimum absolute atomic E-state index is 0.0634. The molecule has 190 valence electrons. The second-order valence-corrected chi connectivity index (χ2v) is 10.2. The summed E-state index contributed by atoms with van der Waals surface area (Å²) in [7, 11) is 0. The Kier molecular flexibility index (Phi) is 8.73. The number of nitrogens with one attached hydrogen (secondary N) is 1. The van der Waals surface area contributed by atoms with Gasteiger partial charge >= 0.3 is 0 Å². The standard InChI is InChI=1S/C26H37N5O3S/c1-20-9-6-8-13-30(20)24(33)19-28-15-17-29(18-16-28)23(32)12-3-2-7-14-31-25(34)21-10-4-5-11-22(21)27-26(31)35/h4-5,10-11,20H,2-3,6-9,12-19H2,1H3,(H,27,35). The lowest BCUT2D eigenvalue weighted by atomic mass is 10.0. The van der Waals surface area contributed by atoms with Gasteiger partial charge in [-0.25, -0.2) is 0 Å². The molecule has 2 fully saturated rings. The number of rotatable bonds is 8. The summed E-state index contributed by atoms with van der Waals surface area (Å²) in [5.74, 6) is 0.406. The van der Waals surface area contributed by atoms with Gasteiger partial charge in [-0.3, -0.25) is 23.9 Å². The first-order valence-electron chi connectivity index (χ1n) is 13.0. The van der Waals surface area contributed by atoms with Gasteiger partial charge in [-0.1, -0.05) is 18.6 Å². The van der Waals surface area contributed by atoms with E-state index < -0.39 is 0 Å². The van der Waals surface area contributed by atoms with E-state index in [1.165, 1.54) is 6.42 Å². The first-order chi connectivity index (χ1) is 16.9. The highest BCUT2D eigenvalue weighted by Gasteiger charge is 2.27. The molecule has 1 aromatic carbocycles. The Hall–Kier alpha value is -2.52. The third-order valence-corrected chi connectivity index (χ3v) is 7.69. The molecule has 2 saturated heterocycles. The number of carbonyl (C=O) groups excluding carboxylic acids is 2. The van der Waals surface area contributed by atoms with Crippen LogP contribution in [0.1, 0.15) is 51.9 Å². The van der Waals surface area contributed by atoms with Crippen LogP contribution in [0.5, 0.6) is 0 Å². The van der Waals surface area contributed by atoms with E-state index in [0.29, 0.717) is 48.8 Å². The topological polar surface area (TPSA) is 81.7 Å². The zero-order valence-corrected chi connectivity index (χ0v) is 21.5. The largest absolute Gasteiger partial charge is 0.340 e. The molecular formula is C26H37N5O3S. The highest BCUT2D eigenvalue weighted by molar-refractivity contribution is 7.71. The van der Waals surface area contributed by atoms with Crippen molar-refractivity contribution in [2.75, 3.05) is 39.3 Å². The van der Waals surface area contributed by atoms with Crippen molar-refractivity contribution in [3.8, 4) is 0 Å². The van der Waals surface area contributed by atoms with E-state index in [2.05, 4.69) is 16.8 Å². The lowest BCUT2D eigenvalue weighted by Gasteiger charge is -2.38. The van der Waals surface area contributed by atoms with Crippen LogP contribution in [0.3, 0.4) is 0 Å². The van der Waals surface area contributed by atoms with E-state index in [4.69, 9.17) is 12.2 Å². The van der Waals surface area contributed by atoms with Gasteiger partial charge in [0.2, 0.25) is 11.8 Å². The molecular weight excluding hydrogens is 462 g/mol. The minimum Gasteiger partial charge on any atom is -0.340 e. The average Bonchev–Trinajstić information content (AvgIpc) is 2.86. The molecule has 2 aliphatic rings. The summed E-state index contributed by atoms with van der Waals surface area (Å²) in [5, 5.41) is 0.641. The van der Waals surface area contributed by atoms with Crippen molar-refractivity contribution in [2.24, 2.45) is 0 Å². The van der Waals surface area contributed by atoms with Gasteiger partial charge in [0.25, 0.3) is 5.56 Å². The van der Waals surface area contributed by atoms with E-state index in [9.17, 15) is 14.4 Å². The number of piperidine rings is 1. The Morgan fingerprint density at radius 2 is 1.77 bits per heavy atom. The van der Waals surface area contributed by atoms with Crippen molar-refractivity contribution >= 4 is 34.9 Å². The van der Waals surface area contributed by atoms with Crippen LogP contribution in [0, 0.1) is 4.77 Å². The molecule has 0 bridgehead atoms. The van der Waals surface area contributed by atoms with Crippen molar-refractivity contribution in [3.63, 3.8) is 0 Å². The number of para-hydroxylation sites is 1. The fourth-order valence-electron chi connectivity index (χ4n) is 5.19. The van der Waals surface area contributed by atoms with Crippen LogP contribution in [-0.4, -0.2) is 81.4 Å². The second-order valence-electron chi connectivity index (χ2n) is 9.83. The van der Waals surface area contributed by atoms with Gasteiger partial charge in [0.1, 0.15) is 0 Å². The number of amides is 2. The SMILES string of the molecule is CC1CCCCN1C(=O)CN1CCN(C(=O)CCCCCn2c(=S)[nH]c3ccccc3c2=O)CC1. The normalized spacial score (nSPS) is 19.3. The molecule has 0 aliphatic carbocycles. The Labute approximate surface area is 211 Å². The van der Waals surface area contributed by atoms with Crippen molar-refractivity contribution < 1.29 is 9.59 Å². The number of hydrogen-bond donors (Lipinski definition) is 1. The van der Waals surface area contributed by atoms with E-state index in [0.717, 1.165) is 57.3 Å². The fraction of sp³-hybridized carbons (Fsp3) is 0.615. The number of aromatic amines is 1. The molecule has 1 aromatic heterocycles. The molecule has 4 rings (SSSR count). The minimum atomic E-state index is -0.0634. The third kappa shape index (κ3) is 6.38. The number of carbonyl (C=O) groups is 2. The predicted octanol–water partition coefficient (Wildman–Crippen LogP) is 3.16. The maximum atomic E-state index is 12.7. The van der Waals surface area contributed by atoms with Crippen LogP contribution in [0.25, 0.3) is 10.9 Å². The number of hydrogen-bond acceptors (Lipinski definition) is 5. The Balaban J connectivity index is 1.15. The number of fused-ring (bicyclic) bond motifs is 1. The summed E-state index contributed by atoms with van der Waals surface area (Å²) in [4.78, 5) is 47.3. The van der Waals surface area contributed by atoms with Crippen molar-refractivity contribution in [2.45, 2.75) is 64.5 Å². The maximum Gasteiger partial charge on any atom is 0.262 e. The third-order valence-electron chi connectivity index (χ3n) is 7.37. The summed E-state index contributed by atoms with van der Waals surface area (Å²) >= 11 is 5.37. The van der Waals surface area contributed by atoms with E-state index in [1.807, 2.05) is 34.1 Å². The zero-order chi connectivity index (χ0) is 24.8. The van der Waals surface area contributed by atoms with Crippen molar-refractivity contribution in [3.05, 3.63) is 39.4 Å². The number of unbranched alkanes of at least 4 members (excludes halogenated alkanes) is 2. The van der Waals surface area contributed by atoms with Crippen LogP contribution < -0.4 is 5.56 Å². The Morgan fingerprint density at radius 3 is 2.54 bits per heavy atom. The number of piperazine rings is 1. The molecule has 35 heavy (non-hydrogen) atoms. The summed E-state index contributed by atoms with van der Waals surface area (Å²) in [6, 6.07) is 7.74. The van der Waals surface area contributed by atoms with E-state index in [1.54, 1.807) is 4.57 Å². The molecule has 3 heterocycles. The number of H-pyrrole nitrogens is 1. The Bertz CT molecular complexity index is 1150. The van der Waals surface area contributed by atoms with Crippen LogP contribution in [0.2, 0.25) is 0 Å². The quantitative estimate of drug-likeness (QED) is 0.446. The number of likely N-dealkylation sites (tertiary alicyclic amines) is 1. The molecule has 1 atom stereocenters. The van der Waals surface area contributed by atoms with Gasteiger partial charge in [-0.2, -0.15) is 0 Å². The van der Waals surface area contributed by atoms with Gasteiger partial charge in [0, 0.05) is 51.7 Å². The van der Waals surface area contributed by atoms with Gasteiger partial charge < -0.3 is 14.8 Å². The maximum absolute atomic E-state index is 12.7. The number of benzene rings is 1. The van der Waals surface area contributed by atoms with Gasteiger partial charge in [-0.05, 0) is 63.4 Å². The van der Waals surface area contributed by atoms with E-state index >= 15 is 0 Å². The Morgan fingerprint density at radius 1 is 1.00 bits per heavy atom. The molecule has 1 N–H and O–H groups in total. The highest BCUT2D eigenvalue weighted by Crippen LogP contribution is 2.17. The van der Waals surface area contributed by atoms with Crippen LogP contribution >= 0.6 is 12.2 Å². The second kappa shape index (κ2) is 11.9. The molecule has 9 heteroatoms. The van der Waals surface area contributed by atoms with Crippen LogP contribution in [0.15, 0.2) is 29.1 Å². The first-order valence-corrected chi connectivity index (χ1v) is 13.4. The molecule has 2 aliphatic heterocycles. The first kappa shape index (κ1) is 25.6. The number of nitrogens with zero attached hydrogens (tertiary/aromatic N) is 4. The smallest absolute Gasteiger partial charge is 0.262 e. The summed E-state index contributed by atoms with van der Waals surface area (Å²) in [5.41, 5.74) is 0.696. The molecule has 0 spiro atoms. The molecule has 0 radical (unpaired) electrons. The molecule has 2 amide bonds. The summed E-state index contributed by atoms with van der Waals surface area (Å²) < 4.78 is 2.06. The monoisotopic (exact) mass is 499 g/mol. The molecule has 0 saturated carbocycles. The lowest BCUT2D eigenvalue weighted by Crippen LogP contribution is -2.53. The number of aromatic nitrogens is 2. The lowest BCUT2D eigenvalue weighted by molar-refractivity contribution is -0.137. The van der Waals surface area contributed by atoms with Gasteiger partial charge in [0.15, 0.2) is 4.77 Å². The van der Waals surface area contributed by atoms with E-state index in [-0.39, 0.29) is 17.4 Å². The summed E-state index contributed by atoms with van der Waals surface area (Å²) in [6.07, 6.45) is 6.38.